The lowest BCUT2D eigenvalue weighted by Gasteiger charge is -2.32. The Morgan fingerprint density at radius 3 is 2.62 bits per heavy atom. The third-order valence-corrected chi connectivity index (χ3v) is 5.39. The fraction of sp³-hybridized carbons (Fsp3) is 0.364. The highest BCUT2D eigenvalue weighted by Crippen LogP contribution is 2.29. The fourth-order valence-corrected chi connectivity index (χ4v) is 3.97. The molecule has 1 aromatic carbocycles. The van der Waals surface area contributed by atoms with Gasteiger partial charge in [-0.2, -0.15) is 0 Å². The molecule has 4 rings (SSSR count). The molecule has 1 aliphatic rings. The highest BCUT2D eigenvalue weighted by atomic mass is 16.5. The first kappa shape index (κ1) is 19.1. The Kier molecular flexibility index (Phi) is 5.05. The van der Waals surface area contributed by atoms with Crippen LogP contribution in [-0.4, -0.2) is 40.5 Å². The predicted octanol–water partition coefficient (Wildman–Crippen LogP) is 3.02. The van der Waals surface area contributed by atoms with Crippen molar-refractivity contribution in [2.24, 2.45) is 5.73 Å². The minimum atomic E-state index is -0.381. The number of aryl methyl sites for hydroxylation is 2. The number of nitrogens with two attached hydrogens (primary N) is 1. The SMILES string of the molecule is Cc1cc(C(=O)N2CCC(Oc3cccc4c3ccn4CC(N)=O)CC2)c(C)o1. The molecular formula is C22H25N3O4. The number of primary amides is 1. The van der Waals surface area contributed by atoms with Crippen molar-refractivity contribution in [3.8, 4) is 5.75 Å². The van der Waals surface area contributed by atoms with Crippen LogP contribution in [0.4, 0.5) is 0 Å². The molecule has 7 nitrogen and oxygen atoms in total. The zero-order valence-electron chi connectivity index (χ0n) is 16.7. The van der Waals surface area contributed by atoms with Gasteiger partial charge in [0.2, 0.25) is 5.91 Å². The standard InChI is InChI=1S/C22H25N3O4/c1-14-12-18(15(2)28-14)22(27)24-9-6-16(7-10-24)29-20-5-3-4-19-17(20)8-11-25(19)13-21(23)26/h3-5,8,11-12,16H,6-7,9-10,13H2,1-2H3,(H2,23,26). The first-order valence-corrected chi connectivity index (χ1v) is 9.81. The third-order valence-electron chi connectivity index (χ3n) is 5.39. The molecule has 0 radical (unpaired) electrons. The Hall–Kier alpha value is -3.22. The van der Waals surface area contributed by atoms with Crippen LogP contribution in [-0.2, 0) is 11.3 Å². The van der Waals surface area contributed by atoms with Gasteiger partial charge in [0.15, 0.2) is 0 Å². The van der Waals surface area contributed by atoms with E-state index in [1.54, 1.807) is 6.07 Å². The van der Waals surface area contributed by atoms with Crippen molar-refractivity contribution < 1.29 is 18.7 Å². The number of rotatable bonds is 5. The van der Waals surface area contributed by atoms with E-state index in [0.717, 1.165) is 35.3 Å². The summed E-state index contributed by atoms with van der Waals surface area (Å²) >= 11 is 0. The lowest BCUT2D eigenvalue weighted by Crippen LogP contribution is -2.41. The van der Waals surface area contributed by atoms with E-state index in [0.29, 0.717) is 24.4 Å². The van der Waals surface area contributed by atoms with Crippen LogP contribution in [0, 0.1) is 13.8 Å². The summed E-state index contributed by atoms with van der Waals surface area (Å²) in [6.45, 7) is 5.10. The van der Waals surface area contributed by atoms with Crippen molar-refractivity contribution in [2.45, 2.75) is 39.3 Å². The summed E-state index contributed by atoms with van der Waals surface area (Å²) in [6, 6.07) is 9.54. The van der Waals surface area contributed by atoms with Crippen molar-refractivity contribution in [2.75, 3.05) is 13.1 Å². The smallest absolute Gasteiger partial charge is 0.257 e. The molecule has 0 aliphatic carbocycles. The molecule has 0 spiro atoms. The molecule has 152 valence electrons. The van der Waals surface area contributed by atoms with Crippen LogP contribution in [0.5, 0.6) is 5.75 Å². The van der Waals surface area contributed by atoms with Crippen LogP contribution in [0.3, 0.4) is 0 Å². The Labute approximate surface area is 169 Å². The number of hydrogen-bond acceptors (Lipinski definition) is 4. The van der Waals surface area contributed by atoms with Crippen LogP contribution in [0.1, 0.15) is 34.7 Å². The van der Waals surface area contributed by atoms with Gasteiger partial charge in [0.05, 0.1) is 11.1 Å². The van der Waals surface area contributed by atoms with E-state index in [1.165, 1.54) is 0 Å². The second-order valence-electron chi connectivity index (χ2n) is 7.54. The van der Waals surface area contributed by atoms with E-state index in [4.69, 9.17) is 14.9 Å². The molecule has 1 saturated heterocycles. The number of aromatic nitrogens is 1. The molecule has 29 heavy (non-hydrogen) atoms. The molecule has 2 N–H and O–H groups in total. The highest BCUT2D eigenvalue weighted by molar-refractivity contribution is 5.95. The molecule has 3 heterocycles. The number of fused-ring (bicyclic) bond motifs is 1. The summed E-state index contributed by atoms with van der Waals surface area (Å²) in [7, 11) is 0. The second-order valence-corrected chi connectivity index (χ2v) is 7.54. The average molecular weight is 395 g/mol. The van der Waals surface area contributed by atoms with Gasteiger partial charge in [-0.25, -0.2) is 0 Å². The third kappa shape index (κ3) is 3.85. The Balaban J connectivity index is 1.42. The Morgan fingerprint density at radius 1 is 1.21 bits per heavy atom. The van der Waals surface area contributed by atoms with Gasteiger partial charge in [0, 0.05) is 37.5 Å². The maximum Gasteiger partial charge on any atom is 0.257 e. The van der Waals surface area contributed by atoms with Gasteiger partial charge in [-0.05, 0) is 38.1 Å². The van der Waals surface area contributed by atoms with Crippen LogP contribution in [0.25, 0.3) is 10.9 Å². The molecule has 0 bridgehead atoms. The van der Waals surface area contributed by atoms with Crippen molar-refractivity contribution in [3.05, 3.63) is 53.6 Å². The van der Waals surface area contributed by atoms with Gasteiger partial charge >= 0.3 is 0 Å². The van der Waals surface area contributed by atoms with Crippen molar-refractivity contribution in [3.63, 3.8) is 0 Å². The normalized spacial score (nSPS) is 15.0. The summed E-state index contributed by atoms with van der Waals surface area (Å²) in [5.41, 5.74) is 6.88. The number of nitrogens with zero attached hydrogens (tertiary/aromatic N) is 2. The number of hydrogen-bond donors (Lipinski definition) is 1. The summed E-state index contributed by atoms with van der Waals surface area (Å²) < 4.78 is 13.6. The summed E-state index contributed by atoms with van der Waals surface area (Å²) in [6.07, 6.45) is 3.41. The fourth-order valence-electron chi connectivity index (χ4n) is 3.97. The van der Waals surface area contributed by atoms with Crippen LogP contribution < -0.4 is 10.5 Å². The minimum Gasteiger partial charge on any atom is -0.490 e. The second kappa shape index (κ2) is 7.66. The van der Waals surface area contributed by atoms with Crippen LogP contribution >= 0.6 is 0 Å². The zero-order chi connectivity index (χ0) is 20.5. The predicted molar refractivity (Wildman–Crippen MR) is 109 cm³/mol. The lowest BCUT2D eigenvalue weighted by atomic mass is 10.1. The number of carbonyl (C=O) groups excluding carboxylic acids is 2. The number of furan rings is 1. The first-order chi connectivity index (χ1) is 13.9. The van der Waals surface area contributed by atoms with Crippen molar-refractivity contribution >= 4 is 22.7 Å². The van der Waals surface area contributed by atoms with Gasteiger partial charge in [0.25, 0.3) is 5.91 Å². The van der Waals surface area contributed by atoms with Gasteiger partial charge in [-0.15, -0.1) is 0 Å². The maximum atomic E-state index is 12.7. The maximum absolute atomic E-state index is 12.7. The minimum absolute atomic E-state index is 0.0171. The quantitative estimate of drug-likeness (QED) is 0.719. The summed E-state index contributed by atoms with van der Waals surface area (Å²) in [5.74, 6) is 1.84. The van der Waals surface area contributed by atoms with Crippen molar-refractivity contribution in [1.29, 1.82) is 0 Å². The monoisotopic (exact) mass is 395 g/mol. The number of piperidine rings is 1. The molecule has 0 saturated carbocycles. The van der Waals surface area contributed by atoms with Gasteiger partial charge in [-0.1, -0.05) is 6.07 Å². The topological polar surface area (TPSA) is 90.7 Å². The molecule has 1 fully saturated rings. The number of carbonyl (C=O) groups is 2. The lowest BCUT2D eigenvalue weighted by molar-refractivity contribution is -0.118. The van der Waals surface area contributed by atoms with E-state index >= 15 is 0 Å². The Morgan fingerprint density at radius 2 is 1.97 bits per heavy atom. The molecule has 1 aliphatic heterocycles. The van der Waals surface area contributed by atoms with E-state index in [2.05, 4.69) is 0 Å². The molecule has 2 aromatic heterocycles. The number of likely N-dealkylation sites (tertiary alicyclic amines) is 1. The van der Waals surface area contributed by atoms with Crippen LogP contribution in [0.2, 0.25) is 0 Å². The highest BCUT2D eigenvalue weighted by Gasteiger charge is 2.27. The largest absolute Gasteiger partial charge is 0.490 e. The molecule has 0 unspecified atom stereocenters. The number of benzene rings is 1. The van der Waals surface area contributed by atoms with Crippen LogP contribution in [0.15, 0.2) is 40.9 Å². The van der Waals surface area contributed by atoms with Gasteiger partial charge in [-0.3, -0.25) is 9.59 Å². The first-order valence-electron chi connectivity index (χ1n) is 9.81. The Bertz CT molecular complexity index is 1060. The summed E-state index contributed by atoms with van der Waals surface area (Å²) in [4.78, 5) is 25.9. The number of amides is 2. The molecule has 2 amide bonds. The zero-order valence-corrected chi connectivity index (χ0v) is 16.7. The van der Waals surface area contributed by atoms with E-state index < -0.39 is 0 Å². The van der Waals surface area contributed by atoms with E-state index in [9.17, 15) is 9.59 Å². The number of ether oxygens (including phenoxy) is 1. The van der Waals surface area contributed by atoms with E-state index in [-0.39, 0.29) is 24.5 Å². The molecule has 3 aromatic rings. The molecule has 7 heteroatoms. The molecular weight excluding hydrogens is 370 g/mol. The molecule has 0 atom stereocenters. The average Bonchev–Trinajstić information content (AvgIpc) is 3.24. The van der Waals surface area contributed by atoms with Gasteiger partial charge < -0.3 is 24.4 Å². The van der Waals surface area contributed by atoms with E-state index in [1.807, 2.05) is 53.8 Å². The van der Waals surface area contributed by atoms with Crippen molar-refractivity contribution in [1.82, 2.24) is 9.47 Å². The summed E-state index contributed by atoms with van der Waals surface area (Å²) in [5, 5.41) is 0.955. The van der Waals surface area contributed by atoms with Gasteiger partial charge in [0.1, 0.15) is 29.9 Å².